The van der Waals surface area contributed by atoms with Gasteiger partial charge in [0.05, 0.1) is 41.5 Å². The Balaban J connectivity index is 2.40. The summed E-state index contributed by atoms with van der Waals surface area (Å²) in [5.41, 5.74) is 3.30. The Hall–Kier alpha value is -3.29. The lowest BCUT2D eigenvalue weighted by Crippen LogP contribution is -2.15. The summed E-state index contributed by atoms with van der Waals surface area (Å²) < 4.78 is 56.2. The van der Waals surface area contributed by atoms with Crippen molar-refractivity contribution in [2.45, 2.75) is 0 Å². The predicted molar refractivity (Wildman–Crippen MR) is 81.3 cm³/mol. The molecule has 0 aliphatic rings. The first kappa shape index (κ1) is 16.6. The number of benzene rings is 1. The highest BCUT2D eigenvalue weighted by atomic mass is 19.1. The molecule has 0 aliphatic heterocycles. The van der Waals surface area contributed by atoms with Crippen molar-refractivity contribution >= 4 is 5.91 Å². The van der Waals surface area contributed by atoms with Crippen LogP contribution in [0.4, 0.5) is 17.6 Å². The lowest BCUT2D eigenvalue weighted by molar-refractivity contribution is 0.100. The van der Waals surface area contributed by atoms with Crippen molar-refractivity contribution in [2.75, 3.05) is 0 Å². The van der Waals surface area contributed by atoms with Gasteiger partial charge in [0, 0.05) is 11.1 Å². The maximum absolute atomic E-state index is 14.1. The van der Waals surface area contributed by atoms with Gasteiger partial charge < -0.3 is 5.73 Å². The Morgan fingerprint density at radius 2 is 1.12 bits per heavy atom. The van der Waals surface area contributed by atoms with Crippen LogP contribution in [0.5, 0.6) is 0 Å². The molecule has 0 atom stereocenters. The van der Waals surface area contributed by atoms with E-state index in [-0.39, 0.29) is 11.1 Å². The number of hydrogen-bond acceptors (Lipinski definition) is 3. The number of primary amides is 1. The molecule has 0 saturated heterocycles. The van der Waals surface area contributed by atoms with Crippen LogP contribution in [0.3, 0.4) is 0 Å². The molecule has 4 nitrogen and oxygen atoms in total. The minimum Gasteiger partial charge on any atom is -0.366 e. The number of amides is 1. The first-order chi connectivity index (χ1) is 11.9. The van der Waals surface area contributed by atoms with E-state index in [1.54, 1.807) is 0 Å². The fourth-order valence-electron chi connectivity index (χ4n) is 2.57. The minimum absolute atomic E-state index is 0.238. The van der Waals surface area contributed by atoms with Crippen LogP contribution < -0.4 is 5.73 Å². The molecule has 3 aromatic rings. The van der Waals surface area contributed by atoms with Gasteiger partial charge in [-0.1, -0.05) is 18.2 Å². The summed E-state index contributed by atoms with van der Waals surface area (Å²) in [6, 6.07) is 3.75. The maximum Gasteiger partial charge on any atom is 0.249 e. The molecule has 3 rings (SSSR count). The van der Waals surface area contributed by atoms with Crippen LogP contribution >= 0.6 is 0 Å². The number of halogens is 4. The lowest BCUT2D eigenvalue weighted by Gasteiger charge is -2.14. The van der Waals surface area contributed by atoms with Crippen molar-refractivity contribution in [3.8, 4) is 22.3 Å². The molecule has 0 unspecified atom stereocenters. The third-order valence-electron chi connectivity index (χ3n) is 3.56. The van der Waals surface area contributed by atoms with E-state index in [9.17, 15) is 22.4 Å². The molecular weight excluding hydrogens is 338 g/mol. The van der Waals surface area contributed by atoms with Gasteiger partial charge in [-0.25, -0.2) is 17.6 Å². The Kier molecular flexibility index (Phi) is 4.18. The molecule has 0 saturated carbocycles. The molecule has 1 aromatic carbocycles. The molecule has 2 N–H and O–H groups in total. The van der Waals surface area contributed by atoms with E-state index in [0.717, 1.165) is 24.8 Å². The van der Waals surface area contributed by atoms with Gasteiger partial charge in [-0.05, 0) is 0 Å². The Morgan fingerprint density at radius 1 is 0.760 bits per heavy atom. The van der Waals surface area contributed by atoms with E-state index >= 15 is 0 Å². The number of rotatable bonds is 3. The number of aromatic nitrogens is 2. The zero-order chi connectivity index (χ0) is 18.1. The number of pyridine rings is 2. The standard InChI is InChI=1S/C17H9F4N3O/c18-10-4-23-5-11(19)15(10)8-2-1-3-9(14(8)17(22)25)16-12(20)6-24-7-13(16)21/h1-7H,(H2,22,25). The first-order valence-corrected chi connectivity index (χ1v) is 6.93. The third kappa shape index (κ3) is 2.82. The van der Waals surface area contributed by atoms with Crippen molar-refractivity contribution in [3.63, 3.8) is 0 Å². The number of nitrogens with zero attached hydrogens (tertiary/aromatic N) is 2. The minimum atomic E-state index is -1.10. The van der Waals surface area contributed by atoms with Crippen LogP contribution in [-0.4, -0.2) is 15.9 Å². The van der Waals surface area contributed by atoms with Crippen LogP contribution in [0, 0.1) is 23.3 Å². The molecule has 1 amide bonds. The second kappa shape index (κ2) is 6.31. The monoisotopic (exact) mass is 347 g/mol. The van der Waals surface area contributed by atoms with Gasteiger partial charge in [-0.3, -0.25) is 14.8 Å². The molecule has 25 heavy (non-hydrogen) atoms. The number of carbonyl (C=O) groups is 1. The topological polar surface area (TPSA) is 68.9 Å². The van der Waals surface area contributed by atoms with E-state index in [2.05, 4.69) is 9.97 Å². The Morgan fingerprint density at radius 3 is 1.44 bits per heavy atom. The van der Waals surface area contributed by atoms with Gasteiger partial charge in [-0.15, -0.1) is 0 Å². The summed E-state index contributed by atoms with van der Waals surface area (Å²) in [5.74, 6) is -5.28. The molecule has 0 radical (unpaired) electrons. The SMILES string of the molecule is NC(=O)c1c(-c2c(F)cncc2F)cccc1-c1c(F)cncc1F. The van der Waals surface area contributed by atoms with Crippen molar-refractivity contribution in [3.05, 3.63) is 71.8 Å². The summed E-state index contributed by atoms with van der Waals surface area (Å²) in [4.78, 5) is 18.7. The highest BCUT2D eigenvalue weighted by Gasteiger charge is 2.24. The van der Waals surface area contributed by atoms with Gasteiger partial charge in [0.15, 0.2) is 23.3 Å². The molecule has 0 spiro atoms. The van der Waals surface area contributed by atoms with Crippen LogP contribution in [0.15, 0.2) is 43.0 Å². The third-order valence-corrected chi connectivity index (χ3v) is 3.56. The number of nitrogens with two attached hydrogens (primary N) is 1. The van der Waals surface area contributed by atoms with Crippen molar-refractivity contribution in [2.24, 2.45) is 5.73 Å². The van der Waals surface area contributed by atoms with E-state index < -0.39 is 45.9 Å². The van der Waals surface area contributed by atoms with E-state index in [1.165, 1.54) is 18.2 Å². The average Bonchev–Trinajstić information content (AvgIpc) is 2.54. The molecule has 2 aromatic heterocycles. The molecule has 0 aliphatic carbocycles. The largest absolute Gasteiger partial charge is 0.366 e. The predicted octanol–water partition coefficient (Wildman–Crippen LogP) is 3.47. The quantitative estimate of drug-likeness (QED) is 0.738. The molecule has 8 heteroatoms. The van der Waals surface area contributed by atoms with Crippen LogP contribution in [0.2, 0.25) is 0 Å². The van der Waals surface area contributed by atoms with Gasteiger partial charge in [-0.2, -0.15) is 0 Å². The fraction of sp³-hybridized carbons (Fsp3) is 0. The van der Waals surface area contributed by atoms with Gasteiger partial charge >= 0.3 is 0 Å². The summed E-state index contributed by atoms with van der Waals surface area (Å²) in [7, 11) is 0. The summed E-state index contributed by atoms with van der Waals surface area (Å²) in [5, 5.41) is 0. The number of carbonyl (C=O) groups excluding carboxylic acids is 1. The summed E-state index contributed by atoms with van der Waals surface area (Å²) >= 11 is 0. The van der Waals surface area contributed by atoms with Crippen LogP contribution in [0.25, 0.3) is 22.3 Å². The van der Waals surface area contributed by atoms with E-state index in [0.29, 0.717) is 0 Å². The van der Waals surface area contributed by atoms with Crippen molar-refractivity contribution in [1.29, 1.82) is 0 Å². The molecule has 126 valence electrons. The Bertz CT molecular complexity index is 881. The normalized spacial score (nSPS) is 10.7. The maximum atomic E-state index is 14.1. The fourth-order valence-corrected chi connectivity index (χ4v) is 2.57. The summed E-state index contributed by atoms with van der Waals surface area (Å²) in [6.07, 6.45) is 3.01. The van der Waals surface area contributed by atoms with E-state index in [1.807, 2.05) is 0 Å². The lowest BCUT2D eigenvalue weighted by atomic mass is 9.91. The van der Waals surface area contributed by atoms with Crippen LogP contribution in [0.1, 0.15) is 10.4 Å². The van der Waals surface area contributed by atoms with Crippen LogP contribution in [-0.2, 0) is 0 Å². The second-order valence-corrected chi connectivity index (χ2v) is 5.05. The highest BCUT2D eigenvalue weighted by Crippen LogP contribution is 2.36. The molecule has 0 fully saturated rings. The smallest absolute Gasteiger partial charge is 0.249 e. The van der Waals surface area contributed by atoms with Gasteiger partial charge in [0.1, 0.15) is 0 Å². The molecule has 0 bridgehead atoms. The average molecular weight is 347 g/mol. The molecule has 2 heterocycles. The zero-order valence-electron chi connectivity index (χ0n) is 12.4. The van der Waals surface area contributed by atoms with Crippen molar-refractivity contribution < 1.29 is 22.4 Å². The number of hydrogen-bond donors (Lipinski definition) is 1. The van der Waals surface area contributed by atoms with Crippen molar-refractivity contribution in [1.82, 2.24) is 9.97 Å². The zero-order valence-corrected chi connectivity index (χ0v) is 12.4. The molecular formula is C17H9F4N3O. The van der Waals surface area contributed by atoms with E-state index in [4.69, 9.17) is 5.73 Å². The summed E-state index contributed by atoms with van der Waals surface area (Å²) in [6.45, 7) is 0. The highest BCUT2D eigenvalue weighted by molar-refractivity contribution is 6.06. The second-order valence-electron chi connectivity index (χ2n) is 5.05. The Labute approximate surface area is 139 Å². The first-order valence-electron chi connectivity index (χ1n) is 6.93. The van der Waals surface area contributed by atoms with Gasteiger partial charge in [0.25, 0.3) is 0 Å². The van der Waals surface area contributed by atoms with Gasteiger partial charge in [0.2, 0.25) is 5.91 Å².